The molecule has 101 heavy (non-hydrogen) atoms. The van der Waals surface area contributed by atoms with Crippen LogP contribution in [0.5, 0.6) is 0 Å². The fraction of sp³-hybridized carbons (Fsp3) is 0.211. The Morgan fingerprint density at radius 2 is 0.980 bits per heavy atom. The second kappa shape index (κ2) is 23.6. The molecule has 0 amide bonds. The van der Waals surface area contributed by atoms with E-state index < -0.39 is 66.5 Å². The van der Waals surface area contributed by atoms with E-state index in [0.29, 0.717) is 50.8 Å². The maximum absolute atomic E-state index is 11.6. The van der Waals surface area contributed by atoms with Gasteiger partial charge in [-0.2, -0.15) is 5.26 Å². The molecule has 0 fully saturated rings. The maximum atomic E-state index is 11.6. The molecule has 4 heterocycles. The summed E-state index contributed by atoms with van der Waals surface area (Å²) in [5, 5.41) is 13.6. The third-order valence-electron chi connectivity index (χ3n) is 21.1. The monoisotopic (exact) mass is 1320 g/mol. The number of hydrogen-bond donors (Lipinski definition) is 0. The summed E-state index contributed by atoms with van der Waals surface area (Å²) in [4.78, 5) is 6.28. The Balaban J connectivity index is 1.09. The van der Waals surface area contributed by atoms with Gasteiger partial charge in [-0.05, 0) is 185 Å². The third-order valence-corrected chi connectivity index (χ3v) is 21.1. The van der Waals surface area contributed by atoms with Crippen LogP contribution in [0.3, 0.4) is 0 Å². The Morgan fingerprint density at radius 1 is 0.446 bits per heavy atom. The number of aromatic nitrogens is 1. The lowest BCUT2D eigenvalue weighted by molar-refractivity contribution is 0.569. The summed E-state index contributed by atoms with van der Waals surface area (Å²) in [5.74, 6) is -1.18. The van der Waals surface area contributed by atoms with Gasteiger partial charge in [0.15, 0.2) is 0 Å². The van der Waals surface area contributed by atoms with Gasteiger partial charge in [-0.15, -0.1) is 0 Å². The van der Waals surface area contributed by atoms with Gasteiger partial charge in [-0.3, -0.25) is 0 Å². The lowest BCUT2D eigenvalue weighted by Gasteiger charge is -2.46. The zero-order valence-corrected chi connectivity index (χ0v) is 59.3. The summed E-state index contributed by atoms with van der Waals surface area (Å²) < 4.78 is 119. The van der Waals surface area contributed by atoms with Crippen molar-refractivity contribution in [1.82, 2.24) is 4.57 Å². The zero-order chi connectivity index (χ0) is 80.0. The molecule has 0 bridgehead atoms. The molecular formula is C95H86BN5. The molecule has 494 valence electrons. The van der Waals surface area contributed by atoms with Crippen molar-refractivity contribution in [2.75, 3.05) is 14.7 Å². The van der Waals surface area contributed by atoms with Crippen molar-refractivity contribution < 1.29 is 16.4 Å². The smallest absolute Gasteiger partial charge is 0.252 e. The molecule has 3 aliphatic heterocycles. The van der Waals surface area contributed by atoms with Crippen LogP contribution in [0, 0.1) is 11.3 Å². The standard InChI is InChI=1S/C95H86BN5/c1-92(2,3)67-33-27-32-62(48-67)63-43-46-80-87(51-63)101(91-77(60-28-15-13-16-29-60)54-70(95(10,11)12)55-78(91)61-30-17-14-18-31-61)89-58-72(99-81-38-23-19-34-73(81)74-35-20-24-39-82(74)99)57-88-90(89)96(80)79-47-44-64(66-49-68(93(4,5)6)53-69(50-66)94(7,8)9)52-86(79)98(88)71-45-42-65(59-97)85(56-71)100-83-40-25-21-36-75(83)76-37-22-26-41-84(76)100/h13-19,21-34,36-58,74,82H,20,35H2,1-12H3/i19D,20D,23D,24D,27D,32D,33D,34D,35D,38D,39D,48D. The average molecular weight is 1320 g/mol. The lowest BCUT2D eigenvalue weighted by Crippen LogP contribution is -2.61. The summed E-state index contributed by atoms with van der Waals surface area (Å²) in [6.45, 7) is 25.1. The predicted octanol–water partition coefficient (Wildman–Crippen LogP) is 23.5. The highest BCUT2D eigenvalue weighted by Crippen LogP contribution is 2.56. The number of nitriles is 1. The number of fused-ring (bicyclic) bond motifs is 10. The van der Waals surface area contributed by atoms with E-state index in [-0.39, 0.29) is 63.9 Å². The first-order valence-corrected chi connectivity index (χ1v) is 35.2. The molecule has 0 saturated heterocycles. The van der Waals surface area contributed by atoms with Crippen LogP contribution in [0.1, 0.15) is 152 Å². The third kappa shape index (κ3) is 10.6. The van der Waals surface area contributed by atoms with Crippen LogP contribution < -0.4 is 31.1 Å². The number of anilines is 8. The second-order valence-corrected chi connectivity index (χ2v) is 31.7. The van der Waals surface area contributed by atoms with Crippen LogP contribution >= 0.6 is 0 Å². The minimum absolute atomic E-state index is 0.0308. The normalized spacial score (nSPS) is 18.8. The Labute approximate surface area is 614 Å². The van der Waals surface area contributed by atoms with Crippen molar-refractivity contribution in [2.24, 2.45) is 0 Å². The second-order valence-electron chi connectivity index (χ2n) is 31.7. The van der Waals surface area contributed by atoms with E-state index in [9.17, 15) is 21.7 Å². The predicted molar refractivity (Wildman–Crippen MR) is 430 cm³/mol. The molecule has 4 unspecified atom stereocenters. The highest BCUT2D eigenvalue weighted by molar-refractivity contribution is 7.00. The molecule has 0 N–H and O–H groups in total. The van der Waals surface area contributed by atoms with Crippen LogP contribution in [-0.2, 0) is 21.7 Å². The van der Waals surface area contributed by atoms with E-state index >= 15 is 0 Å². The fourth-order valence-electron chi connectivity index (χ4n) is 15.7. The molecule has 17 rings (SSSR count). The average Bonchev–Trinajstić information content (AvgIpc) is 1.67. The molecule has 1 aromatic heterocycles. The number of benzene rings is 12. The van der Waals surface area contributed by atoms with E-state index in [1.807, 2.05) is 118 Å². The van der Waals surface area contributed by atoms with Gasteiger partial charge in [0.05, 0.1) is 47.7 Å². The molecule has 0 radical (unpaired) electrons. The molecule has 4 atom stereocenters. The largest absolute Gasteiger partial charge is 0.333 e. The molecule has 12 aromatic carbocycles. The van der Waals surface area contributed by atoms with Gasteiger partial charge in [-0.25, -0.2) is 0 Å². The number of nitrogens with zero attached hydrogens (tertiary/aromatic N) is 5. The van der Waals surface area contributed by atoms with Crippen molar-refractivity contribution in [3.05, 3.63) is 300 Å². The van der Waals surface area contributed by atoms with E-state index in [1.54, 1.807) is 4.90 Å². The summed E-state index contributed by atoms with van der Waals surface area (Å²) in [5.41, 5.74) is 17.7. The van der Waals surface area contributed by atoms with Crippen LogP contribution in [0.25, 0.3) is 72.0 Å². The van der Waals surface area contributed by atoms with Crippen molar-refractivity contribution in [2.45, 2.75) is 129 Å². The van der Waals surface area contributed by atoms with Crippen LogP contribution in [0.2, 0.25) is 0 Å². The number of rotatable bonds is 8. The molecular weight excluding hydrogens is 1220 g/mol. The highest BCUT2D eigenvalue weighted by Gasteiger charge is 2.47. The number of para-hydroxylation sites is 3. The highest BCUT2D eigenvalue weighted by atomic mass is 15.2. The minimum atomic E-state index is -1.52. The van der Waals surface area contributed by atoms with Crippen molar-refractivity contribution in [3.8, 4) is 56.3 Å². The molecule has 13 aromatic rings. The van der Waals surface area contributed by atoms with Gasteiger partial charge < -0.3 is 19.3 Å². The Morgan fingerprint density at radius 3 is 1.57 bits per heavy atom. The number of hydrogen-bond acceptors (Lipinski definition) is 4. The molecule has 4 aliphatic rings. The van der Waals surface area contributed by atoms with E-state index in [2.05, 4.69) is 192 Å². The first kappa shape index (κ1) is 51.3. The molecule has 1 aliphatic carbocycles. The zero-order valence-electron chi connectivity index (χ0n) is 71.3. The van der Waals surface area contributed by atoms with Gasteiger partial charge in [0, 0.05) is 70.4 Å². The summed E-state index contributed by atoms with van der Waals surface area (Å²) in [6.07, 6.45) is -2.96. The van der Waals surface area contributed by atoms with E-state index in [0.717, 1.165) is 99.6 Å². The van der Waals surface area contributed by atoms with Gasteiger partial charge in [-0.1, -0.05) is 277 Å². The van der Waals surface area contributed by atoms with Crippen LogP contribution in [0.4, 0.5) is 45.5 Å². The lowest BCUT2D eigenvalue weighted by atomic mass is 9.33. The van der Waals surface area contributed by atoms with Crippen molar-refractivity contribution >= 4 is 90.4 Å². The van der Waals surface area contributed by atoms with Gasteiger partial charge in [0.25, 0.3) is 6.71 Å². The Kier molecular flexibility index (Phi) is 12.0. The Bertz CT molecular complexity index is 6150. The van der Waals surface area contributed by atoms with E-state index in [1.165, 1.54) is 0 Å². The number of allylic oxidation sites excluding steroid dienone is 1. The van der Waals surface area contributed by atoms with Crippen LogP contribution in [-0.4, -0.2) is 17.3 Å². The molecule has 5 nitrogen and oxygen atoms in total. The topological polar surface area (TPSA) is 38.4 Å². The minimum Gasteiger partial charge on any atom is -0.333 e. The van der Waals surface area contributed by atoms with Gasteiger partial charge in [0.1, 0.15) is 6.07 Å². The summed E-state index contributed by atoms with van der Waals surface area (Å²) >= 11 is 0. The first-order valence-electron chi connectivity index (χ1n) is 41.3. The van der Waals surface area contributed by atoms with Crippen molar-refractivity contribution in [3.63, 3.8) is 0 Å². The quantitative estimate of drug-likeness (QED) is 0.112. The maximum Gasteiger partial charge on any atom is 0.252 e. The first-order chi connectivity index (χ1) is 53.6. The Hall–Kier alpha value is -10.9. The van der Waals surface area contributed by atoms with E-state index in [4.69, 9.17) is 0 Å². The van der Waals surface area contributed by atoms with Gasteiger partial charge in [0.2, 0.25) is 0 Å². The SMILES string of the molecule is [2H]C1=C([2H])C2C(c3c([2H])c([2H])c([2H])c([2H])c3N2c2cc3c4c(c2)N(c2c(-c5ccccc5)cc(C(C)(C)C)cc2-c2ccccc2)c2cc(-c5c([2H])c([2H])c([2H])c(C(C)(C)C)c5[2H])ccc2B4c2ccc(-c4cc(C(C)(C)C)cc(C(C)(C)C)c4)cc2N3c2ccc(C#N)c(-n3c4ccccc4c4ccccc43)c2)C([2H])C1[2H]. The summed E-state index contributed by atoms with van der Waals surface area (Å²) in [6, 6.07) is 69.1. The molecule has 0 saturated carbocycles. The molecule has 0 spiro atoms. The molecule has 6 heteroatoms. The van der Waals surface area contributed by atoms with Crippen LogP contribution in [0.15, 0.2) is 267 Å². The summed E-state index contributed by atoms with van der Waals surface area (Å²) in [7, 11) is 0. The van der Waals surface area contributed by atoms with Crippen molar-refractivity contribution in [1.29, 1.82) is 5.26 Å². The van der Waals surface area contributed by atoms with Gasteiger partial charge >= 0.3 is 0 Å². The fourth-order valence-corrected chi connectivity index (χ4v) is 15.7.